The predicted molar refractivity (Wildman–Crippen MR) is 82.9 cm³/mol. The maximum absolute atomic E-state index is 12.9. The van der Waals surface area contributed by atoms with Crippen molar-refractivity contribution in [3.8, 4) is 22.8 Å². The molecule has 0 amide bonds. The maximum Gasteiger partial charge on any atom is 0.297 e. The number of H-pyrrole nitrogens is 1. The molecule has 0 radical (unpaired) electrons. The summed E-state index contributed by atoms with van der Waals surface area (Å²) in [5, 5.41) is 4.62. The van der Waals surface area contributed by atoms with Crippen LogP contribution in [0.5, 0.6) is 0 Å². The molecule has 23 heavy (non-hydrogen) atoms. The van der Waals surface area contributed by atoms with Crippen molar-refractivity contribution >= 4 is 5.65 Å². The van der Waals surface area contributed by atoms with Crippen molar-refractivity contribution in [1.29, 1.82) is 0 Å². The minimum Gasteiger partial charge on any atom is -0.472 e. The van der Waals surface area contributed by atoms with Crippen molar-refractivity contribution < 1.29 is 4.42 Å². The monoisotopic (exact) mass is 310 g/mol. The van der Waals surface area contributed by atoms with Crippen LogP contribution in [0, 0.1) is 0 Å². The molecule has 0 unspecified atom stereocenters. The van der Waals surface area contributed by atoms with E-state index in [1.807, 2.05) is 13.8 Å². The normalized spacial score (nSPS) is 11.6. The van der Waals surface area contributed by atoms with Gasteiger partial charge >= 0.3 is 0 Å². The third-order valence-corrected chi connectivity index (χ3v) is 3.64. The molecular formula is C15H14N6O2. The van der Waals surface area contributed by atoms with Crippen molar-refractivity contribution in [3.63, 3.8) is 0 Å². The SMILES string of the molecule is CC(C)n1c(-c2ccoc2)nn2c(-c3cnc[nH]3)cnc2c1=O. The van der Waals surface area contributed by atoms with Gasteiger partial charge in [0.2, 0.25) is 5.65 Å². The first-order valence-electron chi connectivity index (χ1n) is 7.18. The highest BCUT2D eigenvalue weighted by Gasteiger charge is 2.19. The number of fused-ring (bicyclic) bond motifs is 1. The van der Waals surface area contributed by atoms with Crippen LogP contribution in [-0.4, -0.2) is 29.1 Å². The summed E-state index contributed by atoms with van der Waals surface area (Å²) in [7, 11) is 0. The number of rotatable bonds is 3. The van der Waals surface area contributed by atoms with Gasteiger partial charge in [0.05, 0.1) is 36.2 Å². The van der Waals surface area contributed by atoms with Crippen molar-refractivity contribution in [2.75, 3.05) is 0 Å². The molecule has 0 aliphatic rings. The fourth-order valence-corrected chi connectivity index (χ4v) is 2.59. The molecule has 1 N–H and O–H groups in total. The van der Waals surface area contributed by atoms with Crippen molar-refractivity contribution in [3.05, 3.63) is 47.7 Å². The smallest absolute Gasteiger partial charge is 0.297 e. The van der Waals surface area contributed by atoms with Crippen LogP contribution < -0.4 is 5.56 Å². The summed E-state index contributed by atoms with van der Waals surface area (Å²) in [6, 6.07) is 1.72. The third-order valence-electron chi connectivity index (χ3n) is 3.64. The van der Waals surface area contributed by atoms with E-state index in [0.717, 1.165) is 11.3 Å². The first-order valence-corrected chi connectivity index (χ1v) is 7.18. The number of imidazole rings is 2. The first kappa shape index (κ1) is 13.5. The van der Waals surface area contributed by atoms with Gasteiger partial charge in [0, 0.05) is 6.04 Å². The van der Waals surface area contributed by atoms with Gasteiger partial charge in [-0.1, -0.05) is 0 Å². The third kappa shape index (κ3) is 1.99. The average Bonchev–Trinajstić information content (AvgIpc) is 3.27. The quantitative estimate of drug-likeness (QED) is 0.625. The van der Waals surface area contributed by atoms with Gasteiger partial charge in [0.15, 0.2) is 5.82 Å². The predicted octanol–water partition coefficient (Wildman–Crippen LogP) is 2.12. The van der Waals surface area contributed by atoms with Gasteiger partial charge in [-0.25, -0.2) is 14.5 Å². The largest absolute Gasteiger partial charge is 0.472 e. The Morgan fingerprint density at radius 1 is 1.30 bits per heavy atom. The van der Waals surface area contributed by atoms with Crippen LogP contribution in [0.25, 0.3) is 28.4 Å². The van der Waals surface area contributed by atoms with Gasteiger partial charge in [-0.05, 0) is 19.9 Å². The van der Waals surface area contributed by atoms with E-state index in [1.54, 1.807) is 41.9 Å². The second kappa shape index (κ2) is 4.94. The number of aromatic nitrogens is 6. The Morgan fingerprint density at radius 3 is 2.83 bits per heavy atom. The van der Waals surface area contributed by atoms with Gasteiger partial charge < -0.3 is 9.40 Å². The van der Waals surface area contributed by atoms with Gasteiger partial charge in [-0.3, -0.25) is 9.36 Å². The lowest BCUT2D eigenvalue weighted by Crippen LogP contribution is -2.27. The number of aromatic amines is 1. The Kier molecular flexibility index (Phi) is 2.90. The summed E-state index contributed by atoms with van der Waals surface area (Å²) in [6.07, 6.45) is 7.97. The van der Waals surface area contributed by atoms with Gasteiger partial charge in [0.25, 0.3) is 5.56 Å². The maximum atomic E-state index is 12.9. The number of furan rings is 1. The molecule has 0 bridgehead atoms. The van der Waals surface area contributed by atoms with E-state index in [-0.39, 0.29) is 17.2 Å². The van der Waals surface area contributed by atoms with Crippen LogP contribution in [0.4, 0.5) is 0 Å². The summed E-state index contributed by atoms with van der Waals surface area (Å²) in [6.45, 7) is 3.86. The van der Waals surface area contributed by atoms with Crippen LogP contribution in [0.2, 0.25) is 0 Å². The fourth-order valence-electron chi connectivity index (χ4n) is 2.59. The van der Waals surface area contributed by atoms with Gasteiger partial charge in [-0.15, -0.1) is 5.10 Å². The molecule has 4 aromatic heterocycles. The molecule has 0 saturated carbocycles. The highest BCUT2D eigenvalue weighted by Crippen LogP contribution is 2.22. The molecule has 0 aliphatic heterocycles. The summed E-state index contributed by atoms with van der Waals surface area (Å²) in [5.41, 5.74) is 2.23. The molecule has 4 heterocycles. The minimum absolute atomic E-state index is 0.0581. The Hall–Kier alpha value is -3.16. The lowest BCUT2D eigenvalue weighted by molar-refractivity contribution is 0.557. The molecule has 116 valence electrons. The van der Waals surface area contributed by atoms with E-state index >= 15 is 0 Å². The Balaban J connectivity index is 2.09. The molecule has 0 aromatic carbocycles. The molecule has 4 rings (SSSR count). The van der Waals surface area contributed by atoms with E-state index < -0.39 is 0 Å². The van der Waals surface area contributed by atoms with Crippen molar-refractivity contribution in [1.82, 2.24) is 29.1 Å². The lowest BCUT2D eigenvalue weighted by Gasteiger charge is -2.14. The molecule has 8 heteroatoms. The Bertz CT molecular complexity index is 1010. The van der Waals surface area contributed by atoms with Crippen LogP contribution >= 0.6 is 0 Å². The van der Waals surface area contributed by atoms with Crippen LogP contribution in [0.3, 0.4) is 0 Å². The molecule has 0 fully saturated rings. The van der Waals surface area contributed by atoms with E-state index in [2.05, 4.69) is 20.1 Å². The molecule has 4 aromatic rings. The summed E-state index contributed by atoms with van der Waals surface area (Å²) < 4.78 is 8.30. The number of hydrogen-bond donors (Lipinski definition) is 1. The van der Waals surface area contributed by atoms with Crippen LogP contribution in [0.1, 0.15) is 19.9 Å². The van der Waals surface area contributed by atoms with Gasteiger partial charge in [-0.2, -0.15) is 0 Å². The minimum atomic E-state index is -0.197. The summed E-state index contributed by atoms with van der Waals surface area (Å²) >= 11 is 0. The highest BCUT2D eigenvalue weighted by atomic mass is 16.3. The Morgan fingerprint density at radius 2 is 2.17 bits per heavy atom. The summed E-state index contributed by atoms with van der Waals surface area (Å²) in [5.74, 6) is 0.532. The fraction of sp³-hybridized carbons (Fsp3) is 0.200. The number of nitrogens with one attached hydrogen (secondary N) is 1. The standard InChI is InChI=1S/C15H14N6O2/c1-9(2)20-13(10-3-4-23-7-10)19-21-12(11-5-16-8-18-11)6-17-14(21)15(20)22/h3-9H,1-2H3,(H,16,18). The first-order chi connectivity index (χ1) is 11.2. The molecule has 0 atom stereocenters. The van der Waals surface area contributed by atoms with Crippen molar-refractivity contribution in [2.45, 2.75) is 19.9 Å². The van der Waals surface area contributed by atoms with E-state index in [0.29, 0.717) is 11.5 Å². The number of nitrogens with zero attached hydrogens (tertiary/aromatic N) is 5. The zero-order chi connectivity index (χ0) is 16.0. The lowest BCUT2D eigenvalue weighted by atomic mass is 10.3. The van der Waals surface area contributed by atoms with Crippen LogP contribution in [0.15, 0.2) is 46.5 Å². The van der Waals surface area contributed by atoms with Gasteiger partial charge in [0.1, 0.15) is 12.0 Å². The second-order valence-corrected chi connectivity index (χ2v) is 5.45. The topological polar surface area (TPSA) is 94.0 Å². The molecule has 0 aliphatic carbocycles. The molecule has 0 spiro atoms. The average molecular weight is 310 g/mol. The second-order valence-electron chi connectivity index (χ2n) is 5.45. The highest BCUT2D eigenvalue weighted by molar-refractivity contribution is 5.60. The van der Waals surface area contributed by atoms with E-state index in [1.165, 1.54) is 4.52 Å². The molecule has 8 nitrogen and oxygen atoms in total. The number of hydrogen-bond acceptors (Lipinski definition) is 5. The molecule has 0 saturated heterocycles. The molecular weight excluding hydrogens is 296 g/mol. The zero-order valence-electron chi connectivity index (χ0n) is 12.6. The van der Waals surface area contributed by atoms with E-state index in [9.17, 15) is 4.79 Å². The van der Waals surface area contributed by atoms with Crippen LogP contribution in [-0.2, 0) is 0 Å². The zero-order valence-corrected chi connectivity index (χ0v) is 12.6. The van der Waals surface area contributed by atoms with Crippen molar-refractivity contribution in [2.24, 2.45) is 0 Å². The Labute approximate surface area is 130 Å². The van der Waals surface area contributed by atoms with E-state index in [4.69, 9.17) is 4.42 Å². The summed E-state index contributed by atoms with van der Waals surface area (Å²) in [4.78, 5) is 24.1.